The van der Waals surface area contributed by atoms with Crippen molar-refractivity contribution in [3.63, 3.8) is 0 Å². The van der Waals surface area contributed by atoms with Crippen molar-refractivity contribution in [1.82, 2.24) is 14.9 Å². The van der Waals surface area contributed by atoms with E-state index in [4.69, 9.17) is 9.47 Å². The lowest BCUT2D eigenvalue weighted by Crippen LogP contribution is -2.29. The van der Waals surface area contributed by atoms with Crippen LogP contribution in [0.3, 0.4) is 0 Å². The molecule has 8 heteroatoms. The largest absolute Gasteiger partial charge is 0.507 e. The fraction of sp³-hybridized carbons (Fsp3) is 0.167. The number of fused-ring (bicyclic) bond motifs is 1. The highest BCUT2D eigenvalue weighted by Crippen LogP contribution is 2.41. The number of amides is 1. The summed E-state index contributed by atoms with van der Waals surface area (Å²) in [5.41, 5.74) is 1.82. The van der Waals surface area contributed by atoms with Gasteiger partial charge in [-0.25, -0.2) is 0 Å². The number of carbonyl (C=O) groups is 2. The minimum Gasteiger partial charge on any atom is -0.507 e. The smallest absolute Gasteiger partial charge is 0.295 e. The molecule has 8 nitrogen and oxygen atoms in total. The first kappa shape index (κ1) is 19.7. The standard InChI is InChI=1S/C24H19N3O5/c28-22(17-3-4-18-19(12-17)32-11-10-31-18)20-21(16-5-8-25-9-6-16)27(24(30)23(20)29)14-15-2-1-7-26-13-15/h1-9,12-13,21,28H,10-11,14H2/b22-20+. The summed E-state index contributed by atoms with van der Waals surface area (Å²) in [6.45, 7) is 1.01. The Hall–Kier alpha value is -4.20. The minimum absolute atomic E-state index is 0.0155. The van der Waals surface area contributed by atoms with E-state index >= 15 is 0 Å². The Morgan fingerprint density at radius 2 is 1.78 bits per heavy atom. The molecule has 4 heterocycles. The first-order valence-corrected chi connectivity index (χ1v) is 10.1. The van der Waals surface area contributed by atoms with Crippen molar-refractivity contribution in [1.29, 1.82) is 0 Å². The second-order valence-electron chi connectivity index (χ2n) is 7.43. The van der Waals surface area contributed by atoms with Crippen molar-refractivity contribution >= 4 is 17.4 Å². The zero-order valence-corrected chi connectivity index (χ0v) is 17.0. The van der Waals surface area contributed by atoms with Gasteiger partial charge < -0.3 is 19.5 Å². The average molecular weight is 429 g/mol. The maximum atomic E-state index is 13.1. The molecule has 3 aromatic rings. The van der Waals surface area contributed by atoms with Crippen molar-refractivity contribution in [3.8, 4) is 11.5 Å². The van der Waals surface area contributed by atoms with Crippen LogP contribution in [0.25, 0.3) is 5.76 Å². The topological polar surface area (TPSA) is 102 Å². The highest BCUT2D eigenvalue weighted by atomic mass is 16.6. The number of aromatic nitrogens is 2. The number of carbonyl (C=O) groups excluding carboxylic acids is 2. The van der Waals surface area contributed by atoms with Crippen LogP contribution in [0.15, 0.2) is 72.8 Å². The number of pyridine rings is 2. The first-order chi connectivity index (χ1) is 15.6. The number of benzene rings is 1. The molecule has 2 aliphatic rings. The summed E-state index contributed by atoms with van der Waals surface area (Å²) in [4.78, 5) is 35.7. The number of ether oxygens (including phenoxy) is 2. The van der Waals surface area contributed by atoms with Gasteiger partial charge in [0.15, 0.2) is 11.5 Å². The second kappa shape index (κ2) is 8.14. The molecule has 1 fully saturated rings. The molecule has 0 saturated carbocycles. The van der Waals surface area contributed by atoms with Crippen molar-refractivity contribution in [2.24, 2.45) is 0 Å². The van der Waals surface area contributed by atoms with Gasteiger partial charge in [0.2, 0.25) is 0 Å². The molecule has 32 heavy (non-hydrogen) atoms. The van der Waals surface area contributed by atoms with Crippen LogP contribution in [-0.4, -0.2) is 44.9 Å². The summed E-state index contributed by atoms with van der Waals surface area (Å²) < 4.78 is 11.1. The van der Waals surface area contributed by atoms with Crippen LogP contribution in [-0.2, 0) is 16.1 Å². The Morgan fingerprint density at radius 3 is 2.53 bits per heavy atom. The number of hydrogen-bond acceptors (Lipinski definition) is 7. The summed E-state index contributed by atoms with van der Waals surface area (Å²) in [6.07, 6.45) is 6.46. The van der Waals surface area contributed by atoms with Crippen LogP contribution in [0.2, 0.25) is 0 Å². The number of hydrogen-bond donors (Lipinski definition) is 1. The number of aliphatic hydroxyl groups excluding tert-OH is 1. The lowest BCUT2D eigenvalue weighted by atomic mass is 9.95. The predicted molar refractivity (Wildman–Crippen MR) is 114 cm³/mol. The molecular weight excluding hydrogens is 410 g/mol. The third-order valence-corrected chi connectivity index (χ3v) is 5.45. The maximum Gasteiger partial charge on any atom is 0.295 e. The van der Waals surface area contributed by atoms with Gasteiger partial charge in [-0.15, -0.1) is 0 Å². The lowest BCUT2D eigenvalue weighted by molar-refractivity contribution is -0.140. The molecule has 1 atom stereocenters. The van der Waals surface area contributed by atoms with Gasteiger partial charge in [-0.3, -0.25) is 19.6 Å². The molecule has 0 aliphatic carbocycles. The fourth-order valence-electron chi connectivity index (χ4n) is 3.97. The first-order valence-electron chi connectivity index (χ1n) is 10.1. The van der Waals surface area contributed by atoms with Gasteiger partial charge in [-0.05, 0) is 47.5 Å². The molecule has 0 spiro atoms. The average Bonchev–Trinajstić information content (AvgIpc) is 3.09. The molecule has 1 N–H and O–H groups in total. The number of ketones is 1. The molecule has 0 radical (unpaired) electrons. The number of rotatable bonds is 4. The monoisotopic (exact) mass is 429 g/mol. The quantitative estimate of drug-likeness (QED) is 0.387. The van der Waals surface area contributed by atoms with Gasteiger partial charge in [-0.2, -0.15) is 0 Å². The van der Waals surface area contributed by atoms with Gasteiger partial charge >= 0.3 is 0 Å². The van der Waals surface area contributed by atoms with Crippen LogP contribution in [0.5, 0.6) is 11.5 Å². The minimum atomic E-state index is -0.772. The highest BCUT2D eigenvalue weighted by Gasteiger charge is 2.46. The van der Waals surface area contributed by atoms with E-state index in [0.717, 1.165) is 5.56 Å². The van der Waals surface area contributed by atoms with Crippen LogP contribution >= 0.6 is 0 Å². The van der Waals surface area contributed by atoms with E-state index in [0.29, 0.717) is 35.8 Å². The number of nitrogens with zero attached hydrogens (tertiary/aromatic N) is 3. The highest BCUT2D eigenvalue weighted by molar-refractivity contribution is 6.46. The van der Waals surface area contributed by atoms with E-state index in [1.807, 2.05) is 6.07 Å². The van der Waals surface area contributed by atoms with Gasteiger partial charge in [0.25, 0.3) is 11.7 Å². The SMILES string of the molecule is O=C1C(=O)N(Cc2cccnc2)C(c2ccncc2)/C1=C(\O)c1ccc2c(c1)OCCO2. The molecule has 160 valence electrons. The van der Waals surface area contributed by atoms with Crippen molar-refractivity contribution in [2.45, 2.75) is 12.6 Å². The van der Waals surface area contributed by atoms with Crippen LogP contribution < -0.4 is 9.47 Å². The summed E-state index contributed by atoms with van der Waals surface area (Å²) in [5.74, 6) is -0.658. The number of Topliss-reactive ketones (excluding diaryl/α,β-unsaturated/α-hetero) is 1. The predicted octanol–water partition coefficient (Wildman–Crippen LogP) is 2.87. The van der Waals surface area contributed by atoms with Crippen LogP contribution in [0, 0.1) is 0 Å². The van der Waals surface area contributed by atoms with E-state index < -0.39 is 17.7 Å². The Morgan fingerprint density at radius 1 is 1.00 bits per heavy atom. The summed E-state index contributed by atoms with van der Waals surface area (Å²) in [6, 6.07) is 11.2. The lowest BCUT2D eigenvalue weighted by Gasteiger charge is -2.25. The molecule has 5 rings (SSSR count). The fourth-order valence-corrected chi connectivity index (χ4v) is 3.97. The Kier molecular flexibility index (Phi) is 5.03. The number of likely N-dealkylation sites (tertiary alicyclic amines) is 1. The summed E-state index contributed by atoms with van der Waals surface area (Å²) in [7, 11) is 0. The van der Waals surface area contributed by atoms with Crippen molar-refractivity contribution in [3.05, 3.63) is 89.5 Å². The van der Waals surface area contributed by atoms with Crippen molar-refractivity contribution < 1.29 is 24.2 Å². The van der Waals surface area contributed by atoms with Gasteiger partial charge in [0.05, 0.1) is 11.6 Å². The Balaban J connectivity index is 1.62. The second-order valence-corrected chi connectivity index (χ2v) is 7.43. The van der Waals surface area contributed by atoms with Crippen molar-refractivity contribution in [2.75, 3.05) is 13.2 Å². The summed E-state index contributed by atoms with van der Waals surface area (Å²) >= 11 is 0. The Labute approximate surface area is 183 Å². The van der Waals surface area contributed by atoms with Gasteiger partial charge in [-0.1, -0.05) is 6.07 Å². The molecule has 1 saturated heterocycles. The van der Waals surface area contributed by atoms with Crippen LogP contribution in [0.4, 0.5) is 0 Å². The van der Waals surface area contributed by atoms with E-state index in [2.05, 4.69) is 9.97 Å². The van der Waals surface area contributed by atoms with E-state index in [1.54, 1.807) is 61.2 Å². The zero-order valence-electron chi connectivity index (χ0n) is 17.0. The van der Waals surface area contributed by atoms with Gasteiger partial charge in [0, 0.05) is 36.9 Å². The normalized spacial score (nSPS) is 19.2. The third-order valence-electron chi connectivity index (χ3n) is 5.45. The molecule has 1 unspecified atom stereocenters. The van der Waals surface area contributed by atoms with E-state index in [1.165, 1.54) is 4.90 Å². The van der Waals surface area contributed by atoms with Crippen LogP contribution in [0.1, 0.15) is 22.7 Å². The Bertz CT molecular complexity index is 1210. The van der Waals surface area contributed by atoms with E-state index in [-0.39, 0.29) is 17.9 Å². The summed E-state index contributed by atoms with van der Waals surface area (Å²) in [5, 5.41) is 11.2. The zero-order chi connectivity index (χ0) is 22.1. The van der Waals surface area contributed by atoms with Gasteiger partial charge in [0.1, 0.15) is 19.0 Å². The molecule has 1 aromatic carbocycles. The number of aliphatic hydroxyl groups is 1. The molecule has 2 aromatic heterocycles. The van der Waals surface area contributed by atoms with E-state index in [9.17, 15) is 14.7 Å². The molecular formula is C24H19N3O5. The maximum absolute atomic E-state index is 13.1. The third kappa shape index (κ3) is 3.45. The molecule has 1 amide bonds. The molecule has 2 aliphatic heterocycles. The molecule has 0 bridgehead atoms.